The fourth-order valence-electron chi connectivity index (χ4n) is 4.10. The zero-order valence-electron chi connectivity index (χ0n) is 18.7. The van der Waals surface area contributed by atoms with Gasteiger partial charge in [-0.3, -0.25) is 4.68 Å². The maximum absolute atomic E-state index is 6.00. The van der Waals surface area contributed by atoms with E-state index in [9.17, 15) is 0 Å². The van der Waals surface area contributed by atoms with Gasteiger partial charge in [0.2, 0.25) is 5.82 Å². The van der Waals surface area contributed by atoms with Crippen LogP contribution in [0.3, 0.4) is 0 Å². The number of pyridine rings is 1. The van der Waals surface area contributed by atoms with Gasteiger partial charge < -0.3 is 18.7 Å². The van der Waals surface area contributed by atoms with E-state index in [1.54, 1.807) is 30.0 Å². The van der Waals surface area contributed by atoms with E-state index < -0.39 is 0 Å². The fourth-order valence-corrected chi connectivity index (χ4v) is 4.10. The predicted molar refractivity (Wildman–Crippen MR) is 119 cm³/mol. The number of hydrogen-bond acceptors (Lipinski definition) is 10. The van der Waals surface area contributed by atoms with Crippen molar-refractivity contribution in [3.05, 3.63) is 41.9 Å². The first kappa shape index (κ1) is 20.5. The molecule has 5 aromatic rings. The molecular formula is C22H22N8O4. The minimum Gasteiger partial charge on any atom is -0.491 e. The van der Waals surface area contributed by atoms with Crippen molar-refractivity contribution < 1.29 is 18.7 Å². The fraction of sp³-hybridized carbons (Fsp3) is 0.364. The van der Waals surface area contributed by atoms with E-state index in [0.29, 0.717) is 34.7 Å². The third kappa shape index (κ3) is 3.61. The summed E-state index contributed by atoms with van der Waals surface area (Å²) in [7, 11) is 1.55. The smallest absolute Gasteiger partial charge is 0.275 e. The molecule has 0 amide bonds. The molecule has 6 rings (SSSR count). The molecule has 12 heteroatoms. The highest BCUT2D eigenvalue weighted by Crippen LogP contribution is 2.29. The third-order valence-electron chi connectivity index (χ3n) is 5.81. The molecule has 6 heterocycles. The predicted octanol–water partition coefficient (Wildman–Crippen LogP) is 2.77. The topological polar surface area (TPSA) is 128 Å². The van der Waals surface area contributed by atoms with Gasteiger partial charge in [-0.1, -0.05) is 5.16 Å². The molecule has 0 bridgehead atoms. The van der Waals surface area contributed by atoms with Gasteiger partial charge in [-0.15, -0.1) is 15.3 Å². The van der Waals surface area contributed by atoms with Gasteiger partial charge in [0.15, 0.2) is 17.1 Å². The molecule has 0 N–H and O–H groups in total. The molecule has 0 atom stereocenters. The number of aryl methyl sites for hydroxylation is 1. The van der Waals surface area contributed by atoms with Gasteiger partial charge in [-0.2, -0.15) is 9.61 Å². The van der Waals surface area contributed by atoms with E-state index in [1.165, 1.54) is 0 Å². The normalized spacial score (nSPS) is 14.8. The highest BCUT2D eigenvalue weighted by molar-refractivity contribution is 5.74. The van der Waals surface area contributed by atoms with Crippen molar-refractivity contribution in [2.75, 3.05) is 20.3 Å². The van der Waals surface area contributed by atoms with Crippen LogP contribution in [0.2, 0.25) is 0 Å². The molecule has 0 aliphatic carbocycles. The number of aromatic nitrogens is 8. The Hall–Kier alpha value is -4.06. The molecule has 5 aromatic heterocycles. The Balaban J connectivity index is 1.27. The molecule has 0 aromatic carbocycles. The molecule has 1 fully saturated rings. The molecule has 1 aliphatic rings. The summed E-state index contributed by atoms with van der Waals surface area (Å²) in [5.74, 6) is 1.84. The minimum absolute atomic E-state index is 0.202. The van der Waals surface area contributed by atoms with Crippen LogP contribution in [0.1, 0.15) is 30.3 Å². The van der Waals surface area contributed by atoms with Crippen molar-refractivity contribution in [2.45, 2.75) is 32.4 Å². The zero-order chi connectivity index (χ0) is 23.1. The molecule has 1 aliphatic heterocycles. The molecule has 0 unspecified atom stereocenters. The highest BCUT2D eigenvalue weighted by Gasteiger charge is 2.20. The SMILES string of the molecule is COc1cc2nnc(-c3cc(C)on3)n2nc1OCc1ccc2c(cnn2C2CCOCC2)n1. The summed E-state index contributed by atoms with van der Waals surface area (Å²) in [6.45, 7) is 3.53. The first-order chi connectivity index (χ1) is 16.7. The second-order valence-electron chi connectivity index (χ2n) is 8.06. The monoisotopic (exact) mass is 462 g/mol. The Morgan fingerprint density at radius 1 is 1.15 bits per heavy atom. The number of rotatable bonds is 6. The Bertz CT molecular complexity index is 1470. The number of nitrogens with zero attached hydrogens (tertiary/aromatic N) is 8. The second kappa shape index (κ2) is 8.37. The summed E-state index contributed by atoms with van der Waals surface area (Å²) < 4.78 is 25.7. The van der Waals surface area contributed by atoms with Crippen molar-refractivity contribution in [1.29, 1.82) is 0 Å². The maximum Gasteiger partial charge on any atom is 0.275 e. The zero-order valence-corrected chi connectivity index (χ0v) is 18.7. The van der Waals surface area contributed by atoms with Crippen LogP contribution in [0.5, 0.6) is 11.6 Å². The van der Waals surface area contributed by atoms with Crippen LogP contribution in [0.4, 0.5) is 0 Å². The Morgan fingerprint density at radius 2 is 2.03 bits per heavy atom. The number of methoxy groups -OCH3 is 1. The lowest BCUT2D eigenvalue weighted by atomic mass is 10.1. The standard InChI is InChI=1S/C22H22N8O4/c1-13-9-16(28-34-13)21-26-25-20-10-19(31-2)22(27-30(20)21)33-12-14-3-4-18-17(24-14)11-23-29(18)15-5-7-32-8-6-15/h3-4,9-11,15H,5-8,12H2,1-2H3. The number of ether oxygens (including phenoxy) is 3. The van der Waals surface area contributed by atoms with Crippen molar-refractivity contribution in [3.63, 3.8) is 0 Å². The lowest BCUT2D eigenvalue weighted by Crippen LogP contribution is -2.20. The summed E-state index contributed by atoms with van der Waals surface area (Å²) in [5, 5.41) is 21.4. The number of fused-ring (bicyclic) bond motifs is 2. The molecular weight excluding hydrogens is 440 g/mol. The van der Waals surface area contributed by atoms with E-state index in [2.05, 4.69) is 25.6 Å². The van der Waals surface area contributed by atoms with E-state index in [0.717, 1.165) is 42.8 Å². The number of hydrogen-bond donors (Lipinski definition) is 0. The Labute approximate surface area is 193 Å². The molecule has 34 heavy (non-hydrogen) atoms. The highest BCUT2D eigenvalue weighted by atomic mass is 16.5. The first-order valence-corrected chi connectivity index (χ1v) is 11.0. The van der Waals surface area contributed by atoms with Gasteiger partial charge in [0.25, 0.3) is 5.88 Å². The molecule has 0 spiro atoms. The first-order valence-electron chi connectivity index (χ1n) is 11.0. The lowest BCUT2D eigenvalue weighted by Gasteiger charge is -2.23. The average Bonchev–Trinajstić information content (AvgIpc) is 3.60. The van der Waals surface area contributed by atoms with E-state index in [4.69, 9.17) is 23.7 Å². The molecule has 1 saturated heterocycles. The van der Waals surface area contributed by atoms with E-state index in [1.807, 2.05) is 23.7 Å². The molecule has 12 nitrogen and oxygen atoms in total. The molecule has 0 radical (unpaired) electrons. The van der Waals surface area contributed by atoms with Gasteiger partial charge in [-0.05, 0) is 31.9 Å². The van der Waals surface area contributed by atoms with Gasteiger partial charge in [0.05, 0.1) is 30.6 Å². The van der Waals surface area contributed by atoms with Crippen LogP contribution in [-0.2, 0) is 11.3 Å². The van der Waals surface area contributed by atoms with Crippen LogP contribution in [0, 0.1) is 6.92 Å². The lowest BCUT2D eigenvalue weighted by molar-refractivity contribution is 0.0675. The van der Waals surface area contributed by atoms with E-state index >= 15 is 0 Å². The quantitative estimate of drug-likeness (QED) is 0.371. The largest absolute Gasteiger partial charge is 0.491 e. The summed E-state index contributed by atoms with van der Waals surface area (Å²) in [6.07, 6.45) is 3.70. The maximum atomic E-state index is 6.00. The molecule has 0 saturated carbocycles. The summed E-state index contributed by atoms with van der Waals surface area (Å²) >= 11 is 0. The van der Waals surface area contributed by atoms with Crippen LogP contribution in [0.15, 0.2) is 35.0 Å². The van der Waals surface area contributed by atoms with Crippen LogP contribution in [-0.4, -0.2) is 60.1 Å². The van der Waals surface area contributed by atoms with Crippen molar-refractivity contribution in [3.8, 4) is 23.1 Å². The third-order valence-corrected chi connectivity index (χ3v) is 5.81. The summed E-state index contributed by atoms with van der Waals surface area (Å²) in [6, 6.07) is 7.78. The van der Waals surface area contributed by atoms with Crippen molar-refractivity contribution in [2.24, 2.45) is 0 Å². The Kier molecular flexibility index (Phi) is 5.06. The Morgan fingerprint density at radius 3 is 2.82 bits per heavy atom. The van der Waals surface area contributed by atoms with Crippen LogP contribution < -0.4 is 9.47 Å². The van der Waals surface area contributed by atoms with Gasteiger partial charge >= 0.3 is 0 Å². The summed E-state index contributed by atoms with van der Waals surface area (Å²) in [4.78, 5) is 4.72. The van der Waals surface area contributed by atoms with Gasteiger partial charge in [0.1, 0.15) is 17.9 Å². The second-order valence-corrected chi connectivity index (χ2v) is 8.06. The molecule has 174 valence electrons. The van der Waals surface area contributed by atoms with Gasteiger partial charge in [0, 0.05) is 25.3 Å². The van der Waals surface area contributed by atoms with E-state index in [-0.39, 0.29) is 12.5 Å². The van der Waals surface area contributed by atoms with Gasteiger partial charge in [-0.25, -0.2) is 4.98 Å². The summed E-state index contributed by atoms with van der Waals surface area (Å²) in [5.41, 5.74) is 3.61. The average molecular weight is 462 g/mol. The van der Waals surface area contributed by atoms with Crippen LogP contribution in [0.25, 0.3) is 28.2 Å². The minimum atomic E-state index is 0.202. The van der Waals surface area contributed by atoms with Crippen molar-refractivity contribution in [1.82, 2.24) is 39.7 Å². The van der Waals surface area contributed by atoms with Crippen molar-refractivity contribution >= 4 is 16.7 Å². The van der Waals surface area contributed by atoms with Crippen LogP contribution >= 0.6 is 0 Å².